The Hall–Kier alpha value is -2.92. The van der Waals surface area contributed by atoms with Crippen LogP contribution in [0.3, 0.4) is 0 Å². The first-order valence-electron chi connectivity index (χ1n) is 9.06. The van der Waals surface area contributed by atoms with Gasteiger partial charge in [0.2, 0.25) is 5.91 Å². The molecule has 0 atom stereocenters. The van der Waals surface area contributed by atoms with E-state index in [-0.39, 0.29) is 17.7 Å². The van der Waals surface area contributed by atoms with Gasteiger partial charge in [-0.2, -0.15) is 0 Å². The van der Waals surface area contributed by atoms with Crippen molar-refractivity contribution < 1.29 is 9.59 Å². The van der Waals surface area contributed by atoms with Gasteiger partial charge in [0.1, 0.15) is 0 Å². The van der Waals surface area contributed by atoms with Crippen molar-refractivity contribution in [3.8, 4) is 0 Å². The van der Waals surface area contributed by atoms with Crippen LogP contribution in [0.15, 0.2) is 89.4 Å². The van der Waals surface area contributed by atoms with Crippen LogP contribution in [-0.2, 0) is 4.79 Å². The first kappa shape index (κ1) is 19.8. The molecule has 3 aromatic rings. The third kappa shape index (κ3) is 5.30. The summed E-state index contributed by atoms with van der Waals surface area (Å²) in [5, 5.41) is 5.76. The van der Waals surface area contributed by atoms with Gasteiger partial charge in [0, 0.05) is 23.1 Å². The summed E-state index contributed by atoms with van der Waals surface area (Å²) < 4.78 is 0.849. The fraction of sp³-hybridized carbons (Fsp3) is 0.130. The molecule has 0 saturated carbocycles. The maximum Gasteiger partial charge on any atom is 0.251 e. The molecule has 0 bridgehead atoms. The average molecular weight is 437 g/mol. The van der Waals surface area contributed by atoms with Crippen LogP contribution in [0, 0.1) is 0 Å². The maximum atomic E-state index is 12.9. The molecule has 0 aliphatic carbocycles. The number of amides is 2. The van der Waals surface area contributed by atoms with Gasteiger partial charge in [-0.3, -0.25) is 9.59 Å². The molecule has 5 heteroatoms. The van der Waals surface area contributed by atoms with Gasteiger partial charge < -0.3 is 10.6 Å². The van der Waals surface area contributed by atoms with Crippen molar-refractivity contribution in [3.63, 3.8) is 0 Å². The van der Waals surface area contributed by atoms with E-state index in [1.54, 1.807) is 12.1 Å². The van der Waals surface area contributed by atoms with Gasteiger partial charge in [0.15, 0.2) is 0 Å². The number of rotatable bonds is 7. The molecular formula is C23H21BrN2O2. The Morgan fingerprint density at radius 2 is 1.32 bits per heavy atom. The molecule has 4 nitrogen and oxygen atoms in total. The molecule has 0 heterocycles. The van der Waals surface area contributed by atoms with E-state index in [0.29, 0.717) is 18.7 Å². The molecule has 142 valence electrons. The topological polar surface area (TPSA) is 58.2 Å². The Morgan fingerprint density at radius 1 is 0.750 bits per heavy atom. The number of hydrogen-bond acceptors (Lipinski definition) is 2. The molecule has 0 aromatic heterocycles. The Balaban J connectivity index is 1.59. The monoisotopic (exact) mass is 436 g/mol. The van der Waals surface area contributed by atoms with Crippen LogP contribution in [0.5, 0.6) is 0 Å². The van der Waals surface area contributed by atoms with Crippen molar-refractivity contribution in [2.45, 2.75) is 5.92 Å². The van der Waals surface area contributed by atoms with Gasteiger partial charge in [-0.15, -0.1) is 0 Å². The summed E-state index contributed by atoms with van der Waals surface area (Å²) in [6.45, 7) is 0.710. The van der Waals surface area contributed by atoms with Crippen molar-refractivity contribution in [2.24, 2.45) is 0 Å². The zero-order chi connectivity index (χ0) is 19.8. The van der Waals surface area contributed by atoms with Crippen LogP contribution < -0.4 is 10.6 Å². The van der Waals surface area contributed by atoms with Crippen LogP contribution in [0.25, 0.3) is 0 Å². The van der Waals surface area contributed by atoms with Crippen molar-refractivity contribution in [3.05, 3.63) is 106 Å². The van der Waals surface area contributed by atoms with Gasteiger partial charge >= 0.3 is 0 Å². The average Bonchev–Trinajstić information content (AvgIpc) is 2.73. The highest BCUT2D eigenvalue weighted by molar-refractivity contribution is 9.10. The molecule has 0 radical (unpaired) electrons. The van der Waals surface area contributed by atoms with Crippen LogP contribution in [-0.4, -0.2) is 24.9 Å². The first-order valence-corrected chi connectivity index (χ1v) is 9.86. The molecule has 0 unspecified atom stereocenters. The van der Waals surface area contributed by atoms with Gasteiger partial charge in [-0.05, 0) is 29.3 Å². The zero-order valence-electron chi connectivity index (χ0n) is 15.3. The van der Waals surface area contributed by atoms with Crippen LogP contribution in [0.1, 0.15) is 27.4 Å². The normalized spacial score (nSPS) is 10.5. The van der Waals surface area contributed by atoms with E-state index in [2.05, 4.69) is 26.6 Å². The molecule has 2 amide bonds. The highest BCUT2D eigenvalue weighted by Gasteiger charge is 2.22. The second-order valence-electron chi connectivity index (χ2n) is 6.31. The third-order valence-corrected chi connectivity index (χ3v) is 4.82. The van der Waals surface area contributed by atoms with E-state index < -0.39 is 0 Å². The van der Waals surface area contributed by atoms with Crippen molar-refractivity contribution in [2.75, 3.05) is 13.1 Å². The minimum Gasteiger partial charge on any atom is -0.354 e. The van der Waals surface area contributed by atoms with Crippen molar-refractivity contribution >= 4 is 27.7 Å². The minimum atomic E-state index is -0.386. The molecule has 0 fully saturated rings. The smallest absolute Gasteiger partial charge is 0.251 e. The lowest BCUT2D eigenvalue weighted by atomic mass is 9.90. The number of carbonyl (C=O) groups excluding carboxylic acids is 2. The second kappa shape index (κ2) is 9.85. The van der Waals surface area contributed by atoms with Crippen LogP contribution >= 0.6 is 15.9 Å². The highest BCUT2D eigenvalue weighted by atomic mass is 79.9. The molecule has 0 aliphatic rings. The number of hydrogen-bond donors (Lipinski definition) is 2. The third-order valence-electron chi connectivity index (χ3n) is 4.32. The summed E-state index contributed by atoms with van der Waals surface area (Å²) in [6.07, 6.45) is 0. The van der Waals surface area contributed by atoms with Gasteiger partial charge in [0.05, 0.1) is 5.92 Å². The Kier molecular flexibility index (Phi) is 6.98. The molecular weight excluding hydrogens is 416 g/mol. The van der Waals surface area contributed by atoms with E-state index in [1.807, 2.05) is 72.8 Å². The predicted molar refractivity (Wildman–Crippen MR) is 114 cm³/mol. The lowest BCUT2D eigenvalue weighted by Gasteiger charge is -2.18. The molecule has 2 N–H and O–H groups in total. The van der Waals surface area contributed by atoms with E-state index in [9.17, 15) is 9.59 Å². The number of halogens is 1. The predicted octanol–water partition coefficient (Wildman–Crippen LogP) is 4.13. The van der Waals surface area contributed by atoms with Crippen molar-refractivity contribution in [1.29, 1.82) is 0 Å². The van der Waals surface area contributed by atoms with E-state index in [0.717, 1.165) is 15.6 Å². The number of carbonyl (C=O) groups is 2. The fourth-order valence-corrected chi connectivity index (χ4v) is 3.38. The molecule has 3 rings (SSSR count). The summed E-state index contributed by atoms with van der Waals surface area (Å²) >= 11 is 3.35. The summed E-state index contributed by atoms with van der Waals surface area (Å²) in [5.41, 5.74) is 2.45. The van der Waals surface area contributed by atoms with Crippen LogP contribution in [0.4, 0.5) is 0 Å². The summed E-state index contributed by atoms with van der Waals surface area (Å²) in [7, 11) is 0. The Labute approximate surface area is 173 Å². The fourth-order valence-electron chi connectivity index (χ4n) is 2.98. The lowest BCUT2D eigenvalue weighted by molar-refractivity contribution is -0.121. The number of benzene rings is 3. The van der Waals surface area contributed by atoms with Gasteiger partial charge in [0.25, 0.3) is 5.91 Å². The SMILES string of the molecule is O=C(NCCNC(=O)C(c1ccccc1)c1ccccc1)c1cccc(Br)c1. The van der Waals surface area contributed by atoms with Crippen molar-refractivity contribution in [1.82, 2.24) is 10.6 Å². The summed E-state index contributed by atoms with van der Waals surface area (Å²) in [6, 6.07) is 26.6. The largest absolute Gasteiger partial charge is 0.354 e. The minimum absolute atomic E-state index is 0.0888. The van der Waals surface area contributed by atoms with Gasteiger partial charge in [-0.1, -0.05) is 82.7 Å². The first-order chi connectivity index (χ1) is 13.6. The highest BCUT2D eigenvalue weighted by Crippen LogP contribution is 2.24. The standard InChI is InChI=1S/C23H21BrN2O2/c24-20-13-7-12-19(16-20)22(27)25-14-15-26-23(28)21(17-8-3-1-4-9-17)18-10-5-2-6-11-18/h1-13,16,21H,14-15H2,(H,25,27)(H,26,28). The maximum absolute atomic E-state index is 12.9. The molecule has 0 spiro atoms. The Bertz CT molecular complexity index is 890. The zero-order valence-corrected chi connectivity index (χ0v) is 16.9. The summed E-state index contributed by atoms with van der Waals surface area (Å²) in [4.78, 5) is 25.0. The van der Waals surface area contributed by atoms with E-state index in [1.165, 1.54) is 0 Å². The number of nitrogens with one attached hydrogen (secondary N) is 2. The molecule has 0 saturated heterocycles. The lowest BCUT2D eigenvalue weighted by Crippen LogP contribution is -2.37. The van der Waals surface area contributed by atoms with Crippen LogP contribution in [0.2, 0.25) is 0 Å². The Morgan fingerprint density at radius 3 is 1.89 bits per heavy atom. The second-order valence-corrected chi connectivity index (χ2v) is 7.23. The molecule has 3 aromatic carbocycles. The van der Waals surface area contributed by atoms with Gasteiger partial charge in [-0.25, -0.2) is 0 Å². The van der Waals surface area contributed by atoms with E-state index in [4.69, 9.17) is 0 Å². The van der Waals surface area contributed by atoms with E-state index >= 15 is 0 Å². The molecule has 28 heavy (non-hydrogen) atoms. The molecule has 0 aliphatic heterocycles. The quantitative estimate of drug-likeness (QED) is 0.547. The summed E-state index contributed by atoms with van der Waals surface area (Å²) in [5.74, 6) is -0.643.